The summed E-state index contributed by atoms with van der Waals surface area (Å²) >= 11 is 0. The number of rotatable bonds is 8. The Bertz CT molecular complexity index is 887. The fourth-order valence-electron chi connectivity index (χ4n) is 4.05. The Hall–Kier alpha value is -2.80. The molecule has 32 heavy (non-hydrogen) atoms. The molecular weight excluding hydrogens is 420 g/mol. The van der Waals surface area contributed by atoms with Crippen molar-refractivity contribution in [2.75, 3.05) is 13.1 Å². The summed E-state index contributed by atoms with van der Waals surface area (Å²) in [6.45, 7) is 1.22. The largest absolute Gasteiger partial charge is 0.426 e. The first kappa shape index (κ1) is 22.4. The zero-order valence-corrected chi connectivity index (χ0v) is 17.8. The van der Waals surface area contributed by atoms with Gasteiger partial charge in [-0.15, -0.1) is 5.06 Å². The predicted molar refractivity (Wildman–Crippen MR) is 109 cm³/mol. The van der Waals surface area contributed by atoms with Gasteiger partial charge in [-0.3, -0.25) is 9.78 Å². The van der Waals surface area contributed by atoms with Crippen LogP contribution in [0, 0.1) is 16.7 Å². The molecule has 3 fully saturated rings. The number of nitrogens with one attached hydrogen (secondary N) is 2. The van der Waals surface area contributed by atoms with Gasteiger partial charge < -0.3 is 15.5 Å². The number of carbonyl (C=O) groups is 2. The number of pyridine rings is 1. The van der Waals surface area contributed by atoms with Gasteiger partial charge in [0.2, 0.25) is 5.91 Å². The molecule has 0 aromatic carbocycles. The summed E-state index contributed by atoms with van der Waals surface area (Å²) < 4.78 is 29.2. The molecule has 2 amide bonds. The molecule has 4 rings (SSSR count). The van der Waals surface area contributed by atoms with E-state index in [0.29, 0.717) is 31.3 Å². The van der Waals surface area contributed by atoms with E-state index < -0.39 is 35.9 Å². The van der Waals surface area contributed by atoms with Crippen LogP contribution in [0.4, 0.5) is 13.6 Å². The second kappa shape index (κ2) is 8.62. The van der Waals surface area contributed by atoms with Crippen LogP contribution in [0.3, 0.4) is 0 Å². The topological polar surface area (TPSA) is 107 Å². The fraction of sp³-hybridized carbons (Fsp3) is 0.636. The summed E-state index contributed by atoms with van der Waals surface area (Å²) in [5, 5.41) is 15.8. The molecule has 0 unspecified atom stereocenters. The van der Waals surface area contributed by atoms with Crippen LogP contribution in [-0.2, 0) is 15.6 Å². The molecule has 2 heterocycles. The van der Waals surface area contributed by atoms with E-state index in [4.69, 9.17) is 4.84 Å². The molecule has 2 N–H and O–H groups in total. The highest BCUT2D eigenvalue weighted by molar-refractivity contribution is 5.86. The van der Waals surface area contributed by atoms with E-state index in [0.717, 1.165) is 19.0 Å². The predicted octanol–water partition coefficient (Wildman–Crippen LogP) is 3.01. The maximum atomic E-state index is 14.6. The third-order valence-electron chi connectivity index (χ3n) is 6.72. The Kier molecular flexibility index (Phi) is 6.03. The van der Waals surface area contributed by atoms with E-state index in [9.17, 15) is 23.6 Å². The van der Waals surface area contributed by atoms with E-state index in [1.165, 1.54) is 31.2 Å². The molecule has 1 atom stereocenters. The molecule has 1 aromatic rings. The standard InChI is InChI=1S/C22H27F2N5O3/c23-22(24,16-2-1-11-26-14-16)4-3-17(18(30)28-21(15-25)7-8-21)27-19(31)32-29-12-9-20(5-6-20)10-13-29/h1-2,11,14,17H,3-10,12-13H2,(H,27,31)(H,28,30)/t17-/m0/s1. The first-order chi connectivity index (χ1) is 15.2. The van der Waals surface area contributed by atoms with Gasteiger partial charge in [0.05, 0.1) is 6.07 Å². The van der Waals surface area contributed by atoms with Crippen molar-refractivity contribution in [3.8, 4) is 6.07 Å². The first-order valence-electron chi connectivity index (χ1n) is 11.0. The lowest BCUT2D eigenvalue weighted by Crippen LogP contribution is -2.51. The number of nitriles is 1. The summed E-state index contributed by atoms with van der Waals surface area (Å²) in [4.78, 5) is 34.2. The van der Waals surface area contributed by atoms with Gasteiger partial charge in [-0.05, 0) is 62.5 Å². The third kappa shape index (κ3) is 5.33. The van der Waals surface area contributed by atoms with Gasteiger partial charge in [0.15, 0.2) is 0 Å². The number of aromatic nitrogens is 1. The second-order valence-corrected chi connectivity index (χ2v) is 9.17. The monoisotopic (exact) mass is 447 g/mol. The van der Waals surface area contributed by atoms with Crippen molar-refractivity contribution in [3.63, 3.8) is 0 Å². The van der Waals surface area contributed by atoms with Crippen LogP contribution in [0.2, 0.25) is 0 Å². The van der Waals surface area contributed by atoms with Crippen molar-refractivity contribution in [3.05, 3.63) is 30.1 Å². The first-order valence-corrected chi connectivity index (χ1v) is 11.0. The van der Waals surface area contributed by atoms with E-state index in [2.05, 4.69) is 15.6 Å². The number of halogens is 2. The van der Waals surface area contributed by atoms with Gasteiger partial charge in [0.1, 0.15) is 11.6 Å². The lowest BCUT2D eigenvalue weighted by atomic mass is 9.95. The van der Waals surface area contributed by atoms with Gasteiger partial charge >= 0.3 is 6.09 Å². The molecular formula is C22H27F2N5O3. The number of hydrogen-bond acceptors (Lipinski definition) is 6. The summed E-state index contributed by atoms with van der Waals surface area (Å²) in [7, 11) is 0. The molecule has 2 aliphatic carbocycles. The average molecular weight is 447 g/mol. The highest BCUT2D eigenvalue weighted by Crippen LogP contribution is 2.53. The molecule has 10 heteroatoms. The smallest absolute Gasteiger partial charge is 0.351 e. The Labute approximate surface area is 185 Å². The van der Waals surface area contributed by atoms with Crippen LogP contribution >= 0.6 is 0 Å². The Morgan fingerprint density at radius 1 is 1.25 bits per heavy atom. The van der Waals surface area contributed by atoms with Crippen LogP contribution in [0.15, 0.2) is 24.5 Å². The molecule has 1 aromatic heterocycles. The fourth-order valence-corrected chi connectivity index (χ4v) is 4.05. The number of hydroxylamine groups is 2. The number of carbonyl (C=O) groups excluding carboxylic acids is 2. The minimum atomic E-state index is -3.23. The minimum absolute atomic E-state index is 0.264. The van der Waals surface area contributed by atoms with Gasteiger partial charge in [-0.2, -0.15) is 5.26 Å². The van der Waals surface area contributed by atoms with Crippen molar-refractivity contribution in [1.29, 1.82) is 5.26 Å². The normalized spacial score (nSPS) is 21.8. The molecule has 0 bridgehead atoms. The van der Waals surface area contributed by atoms with Crippen molar-refractivity contribution in [2.24, 2.45) is 5.41 Å². The molecule has 1 aliphatic heterocycles. The van der Waals surface area contributed by atoms with Gasteiger partial charge in [-0.1, -0.05) is 0 Å². The van der Waals surface area contributed by atoms with Crippen LogP contribution in [-0.4, -0.2) is 46.7 Å². The maximum Gasteiger partial charge on any atom is 0.426 e. The van der Waals surface area contributed by atoms with Crippen molar-refractivity contribution >= 4 is 12.0 Å². The molecule has 8 nitrogen and oxygen atoms in total. The highest BCUT2D eigenvalue weighted by Gasteiger charge is 2.47. The van der Waals surface area contributed by atoms with Gasteiger partial charge in [0.25, 0.3) is 5.92 Å². The van der Waals surface area contributed by atoms with Crippen LogP contribution in [0.5, 0.6) is 0 Å². The average Bonchev–Trinajstić information content (AvgIpc) is 3.72. The molecule has 3 aliphatic rings. The van der Waals surface area contributed by atoms with Crippen molar-refractivity contribution < 1.29 is 23.2 Å². The molecule has 2 saturated carbocycles. The number of amides is 2. The Morgan fingerprint density at radius 2 is 1.97 bits per heavy atom. The van der Waals surface area contributed by atoms with E-state index in [1.807, 2.05) is 6.07 Å². The zero-order chi connectivity index (χ0) is 22.8. The summed E-state index contributed by atoms with van der Waals surface area (Å²) in [5.74, 6) is -3.89. The van der Waals surface area contributed by atoms with E-state index in [-0.39, 0.29) is 12.0 Å². The number of hydrogen-bond donors (Lipinski definition) is 2. The van der Waals surface area contributed by atoms with Crippen LogP contribution in [0.1, 0.15) is 56.9 Å². The lowest BCUT2D eigenvalue weighted by Gasteiger charge is -2.31. The van der Waals surface area contributed by atoms with E-state index >= 15 is 0 Å². The van der Waals surface area contributed by atoms with Gasteiger partial charge in [-0.25, -0.2) is 13.6 Å². The Balaban J connectivity index is 1.36. The summed E-state index contributed by atoms with van der Waals surface area (Å²) in [5.41, 5.74) is -0.829. The summed E-state index contributed by atoms with van der Waals surface area (Å²) in [6, 6.07) is 3.45. The summed E-state index contributed by atoms with van der Waals surface area (Å²) in [6.07, 6.45) is 5.92. The molecule has 172 valence electrons. The molecule has 1 saturated heterocycles. The minimum Gasteiger partial charge on any atom is -0.351 e. The second-order valence-electron chi connectivity index (χ2n) is 9.17. The van der Waals surface area contributed by atoms with Gasteiger partial charge in [0, 0.05) is 37.5 Å². The van der Waals surface area contributed by atoms with Crippen LogP contribution in [0.25, 0.3) is 0 Å². The Morgan fingerprint density at radius 3 is 2.53 bits per heavy atom. The maximum absolute atomic E-state index is 14.6. The quantitative estimate of drug-likeness (QED) is 0.634. The van der Waals surface area contributed by atoms with E-state index in [1.54, 1.807) is 5.06 Å². The SMILES string of the molecule is N#CC1(NC(=O)[C@H](CCC(F)(F)c2cccnc2)NC(=O)ON2CCC3(CC2)CC3)CC1. The van der Waals surface area contributed by atoms with Crippen molar-refractivity contribution in [2.45, 2.75) is 68.9 Å². The van der Waals surface area contributed by atoms with Crippen LogP contribution < -0.4 is 10.6 Å². The number of alkyl halides is 2. The third-order valence-corrected chi connectivity index (χ3v) is 6.72. The molecule has 1 spiro atoms. The lowest BCUT2D eigenvalue weighted by molar-refractivity contribution is -0.129. The zero-order valence-electron chi connectivity index (χ0n) is 17.8. The molecule has 0 radical (unpaired) electrons. The van der Waals surface area contributed by atoms with Crippen molar-refractivity contribution in [1.82, 2.24) is 20.7 Å². The number of piperidine rings is 1. The number of nitrogens with zero attached hydrogens (tertiary/aromatic N) is 3. The highest BCUT2D eigenvalue weighted by atomic mass is 19.3.